The van der Waals surface area contributed by atoms with Crippen molar-refractivity contribution in [2.75, 3.05) is 26.2 Å². The molecule has 5 nitrogen and oxygen atoms in total. The normalized spacial score (nSPS) is 21.7. The second-order valence-corrected chi connectivity index (χ2v) is 7.65. The van der Waals surface area contributed by atoms with Crippen LogP contribution in [-0.4, -0.2) is 48.8 Å². The number of hydrogen-bond donors (Lipinski definition) is 2. The minimum atomic E-state index is -0.449. The van der Waals surface area contributed by atoms with Gasteiger partial charge in [-0.25, -0.2) is 4.79 Å². The lowest BCUT2D eigenvalue weighted by atomic mass is 10.1. The highest BCUT2D eigenvalue weighted by Gasteiger charge is 2.28. The summed E-state index contributed by atoms with van der Waals surface area (Å²) in [6, 6.07) is 11.1. The van der Waals surface area contributed by atoms with Crippen LogP contribution >= 0.6 is 0 Å². The SMILES string of the molecule is CC1CN(Cc2ccccc2)CC1NCCNC(=O)OC(C)(C)C. The third-order valence-corrected chi connectivity index (χ3v) is 4.14. The molecule has 2 atom stereocenters. The van der Waals surface area contributed by atoms with E-state index in [-0.39, 0.29) is 6.09 Å². The van der Waals surface area contributed by atoms with E-state index in [2.05, 4.69) is 52.8 Å². The van der Waals surface area contributed by atoms with Crippen LogP contribution in [0.2, 0.25) is 0 Å². The van der Waals surface area contributed by atoms with Crippen molar-refractivity contribution in [3.63, 3.8) is 0 Å². The van der Waals surface area contributed by atoms with Crippen LogP contribution in [0.25, 0.3) is 0 Å². The summed E-state index contributed by atoms with van der Waals surface area (Å²) in [6.45, 7) is 12.4. The van der Waals surface area contributed by atoms with Gasteiger partial charge in [-0.3, -0.25) is 4.90 Å². The Bertz CT molecular complexity index is 513. The van der Waals surface area contributed by atoms with Crippen LogP contribution in [0.15, 0.2) is 30.3 Å². The van der Waals surface area contributed by atoms with Gasteiger partial charge in [0.05, 0.1) is 0 Å². The van der Waals surface area contributed by atoms with Crippen molar-refractivity contribution >= 4 is 6.09 Å². The first kappa shape index (κ1) is 18.7. The third-order valence-electron chi connectivity index (χ3n) is 4.14. The van der Waals surface area contributed by atoms with Crippen LogP contribution in [-0.2, 0) is 11.3 Å². The lowest BCUT2D eigenvalue weighted by Gasteiger charge is -2.20. The number of rotatable bonds is 6. The third kappa shape index (κ3) is 6.49. The Kier molecular flexibility index (Phi) is 6.63. The molecular weight excluding hydrogens is 302 g/mol. The second-order valence-electron chi connectivity index (χ2n) is 7.65. The number of alkyl carbamates (subject to hydrolysis) is 1. The van der Waals surface area contributed by atoms with Crippen molar-refractivity contribution in [3.8, 4) is 0 Å². The van der Waals surface area contributed by atoms with E-state index in [1.807, 2.05) is 20.8 Å². The molecule has 0 spiro atoms. The first-order valence-corrected chi connectivity index (χ1v) is 8.80. The van der Waals surface area contributed by atoms with Gasteiger partial charge in [-0.2, -0.15) is 0 Å². The summed E-state index contributed by atoms with van der Waals surface area (Å²) < 4.78 is 5.23. The number of benzene rings is 1. The number of nitrogens with zero attached hydrogens (tertiary/aromatic N) is 1. The molecule has 1 fully saturated rings. The Morgan fingerprint density at radius 2 is 1.92 bits per heavy atom. The van der Waals surface area contributed by atoms with Gasteiger partial charge in [0.25, 0.3) is 0 Å². The molecule has 134 valence electrons. The molecule has 1 aromatic rings. The van der Waals surface area contributed by atoms with Gasteiger partial charge in [-0.1, -0.05) is 37.3 Å². The smallest absolute Gasteiger partial charge is 0.407 e. The van der Waals surface area contributed by atoms with Crippen molar-refractivity contribution in [3.05, 3.63) is 35.9 Å². The average Bonchev–Trinajstić information content (AvgIpc) is 2.83. The van der Waals surface area contributed by atoms with E-state index in [1.54, 1.807) is 0 Å². The minimum absolute atomic E-state index is 0.352. The van der Waals surface area contributed by atoms with Gasteiger partial charge in [-0.05, 0) is 32.3 Å². The van der Waals surface area contributed by atoms with Gasteiger partial charge in [-0.15, -0.1) is 0 Å². The molecule has 0 saturated carbocycles. The van der Waals surface area contributed by atoms with Crippen LogP contribution < -0.4 is 10.6 Å². The van der Waals surface area contributed by atoms with Gasteiger partial charge in [0.15, 0.2) is 0 Å². The van der Waals surface area contributed by atoms with Crippen LogP contribution in [0.3, 0.4) is 0 Å². The fraction of sp³-hybridized carbons (Fsp3) is 0.632. The highest BCUT2D eigenvalue weighted by Crippen LogP contribution is 2.18. The van der Waals surface area contributed by atoms with E-state index in [0.717, 1.165) is 26.2 Å². The molecule has 0 aromatic heterocycles. The molecule has 1 amide bonds. The van der Waals surface area contributed by atoms with Crippen LogP contribution in [0.1, 0.15) is 33.3 Å². The van der Waals surface area contributed by atoms with Gasteiger partial charge < -0.3 is 15.4 Å². The largest absolute Gasteiger partial charge is 0.444 e. The lowest BCUT2D eigenvalue weighted by Crippen LogP contribution is -2.41. The number of carbonyl (C=O) groups excluding carboxylic acids is 1. The number of carbonyl (C=O) groups is 1. The monoisotopic (exact) mass is 333 g/mol. The Hall–Kier alpha value is -1.59. The highest BCUT2D eigenvalue weighted by atomic mass is 16.6. The van der Waals surface area contributed by atoms with E-state index in [0.29, 0.717) is 18.5 Å². The zero-order valence-electron chi connectivity index (χ0n) is 15.3. The van der Waals surface area contributed by atoms with Crippen molar-refractivity contribution in [2.24, 2.45) is 5.92 Å². The molecule has 24 heavy (non-hydrogen) atoms. The first-order chi connectivity index (χ1) is 11.3. The van der Waals surface area contributed by atoms with Crippen molar-refractivity contribution in [2.45, 2.75) is 45.9 Å². The summed E-state index contributed by atoms with van der Waals surface area (Å²) in [5, 5.41) is 6.35. The Morgan fingerprint density at radius 3 is 2.58 bits per heavy atom. The van der Waals surface area contributed by atoms with E-state index in [1.165, 1.54) is 5.56 Å². The van der Waals surface area contributed by atoms with Gasteiger partial charge in [0.2, 0.25) is 0 Å². The molecule has 2 rings (SSSR count). The molecule has 1 heterocycles. The molecule has 0 bridgehead atoms. The van der Waals surface area contributed by atoms with Crippen molar-refractivity contribution in [1.29, 1.82) is 0 Å². The standard InChI is InChI=1S/C19H31N3O2/c1-15-12-22(13-16-8-6-5-7-9-16)14-17(15)20-10-11-21-18(23)24-19(2,3)4/h5-9,15,17,20H,10-14H2,1-4H3,(H,21,23). The maximum atomic E-state index is 11.6. The molecular formula is C19H31N3O2. The summed E-state index contributed by atoms with van der Waals surface area (Å²) in [4.78, 5) is 14.1. The fourth-order valence-electron chi connectivity index (χ4n) is 3.04. The molecule has 1 aliphatic heterocycles. The molecule has 1 aliphatic rings. The summed E-state index contributed by atoms with van der Waals surface area (Å²) in [5.74, 6) is 0.607. The molecule has 0 radical (unpaired) electrons. The predicted molar refractivity (Wildman–Crippen MR) is 96.9 cm³/mol. The zero-order chi connectivity index (χ0) is 17.6. The maximum Gasteiger partial charge on any atom is 0.407 e. The van der Waals surface area contributed by atoms with E-state index in [9.17, 15) is 4.79 Å². The fourth-order valence-corrected chi connectivity index (χ4v) is 3.04. The highest BCUT2D eigenvalue weighted by molar-refractivity contribution is 5.67. The Morgan fingerprint density at radius 1 is 1.21 bits per heavy atom. The van der Waals surface area contributed by atoms with Gasteiger partial charge >= 0.3 is 6.09 Å². The van der Waals surface area contributed by atoms with Crippen LogP contribution in [0.4, 0.5) is 4.79 Å². The Balaban J connectivity index is 1.66. The first-order valence-electron chi connectivity index (χ1n) is 8.80. The average molecular weight is 333 g/mol. The van der Waals surface area contributed by atoms with E-state index in [4.69, 9.17) is 4.74 Å². The van der Waals surface area contributed by atoms with Gasteiger partial charge in [0, 0.05) is 38.8 Å². The number of hydrogen-bond acceptors (Lipinski definition) is 4. The summed E-state index contributed by atoms with van der Waals surface area (Å²) >= 11 is 0. The Labute approximate surface area is 145 Å². The van der Waals surface area contributed by atoms with E-state index >= 15 is 0 Å². The topological polar surface area (TPSA) is 53.6 Å². The van der Waals surface area contributed by atoms with Crippen LogP contribution in [0.5, 0.6) is 0 Å². The second kappa shape index (κ2) is 8.49. The summed E-state index contributed by atoms with van der Waals surface area (Å²) in [6.07, 6.45) is -0.352. The van der Waals surface area contributed by atoms with Crippen molar-refractivity contribution in [1.82, 2.24) is 15.5 Å². The number of ether oxygens (including phenoxy) is 1. The molecule has 1 saturated heterocycles. The zero-order valence-corrected chi connectivity index (χ0v) is 15.3. The number of likely N-dealkylation sites (tertiary alicyclic amines) is 1. The summed E-state index contributed by atoms with van der Waals surface area (Å²) in [7, 11) is 0. The maximum absolute atomic E-state index is 11.6. The molecule has 1 aromatic carbocycles. The van der Waals surface area contributed by atoms with E-state index < -0.39 is 5.60 Å². The van der Waals surface area contributed by atoms with Crippen molar-refractivity contribution < 1.29 is 9.53 Å². The summed E-state index contributed by atoms with van der Waals surface area (Å²) in [5.41, 5.74) is 0.909. The molecule has 2 N–H and O–H groups in total. The number of nitrogens with one attached hydrogen (secondary N) is 2. The van der Waals surface area contributed by atoms with Gasteiger partial charge in [0.1, 0.15) is 5.60 Å². The minimum Gasteiger partial charge on any atom is -0.444 e. The quantitative estimate of drug-likeness (QED) is 0.786. The molecule has 5 heteroatoms. The predicted octanol–water partition coefficient (Wildman–Crippen LogP) is 2.62. The molecule has 0 aliphatic carbocycles. The molecule has 2 unspecified atom stereocenters. The van der Waals surface area contributed by atoms with Crippen LogP contribution in [0, 0.1) is 5.92 Å². The lowest BCUT2D eigenvalue weighted by molar-refractivity contribution is 0.0528. The number of amides is 1.